The Bertz CT molecular complexity index is 719. The largest absolute Gasteiger partial charge is 0.452 e. The maximum atomic E-state index is 12.2. The van der Waals surface area contributed by atoms with Crippen molar-refractivity contribution in [3.63, 3.8) is 0 Å². The first-order valence-electron chi connectivity index (χ1n) is 7.55. The van der Waals surface area contributed by atoms with Crippen molar-refractivity contribution in [2.75, 3.05) is 18.9 Å². The third kappa shape index (κ3) is 4.73. The summed E-state index contributed by atoms with van der Waals surface area (Å²) in [5, 5.41) is 0.364. The topological polar surface area (TPSA) is 72.6 Å². The van der Waals surface area contributed by atoms with Crippen LogP contribution in [0, 0.1) is 0 Å². The number of hydrogen-bond donors (Lipinski definition) is 1. The number of anilines is 1. The molecule has 0 aliphatic heterocycles. The minimum absolute atomic E-state index is 0.253. The molecule has 0 fully saturated rings. The van der Waals surface area contributed by atoms with Crippen LogP contribution in [0.5, 0.6) is 0 Å². The molecule has 0 saturated carbocycles. The summed E-state index contributed by atoms with van der Waals surface area (Å²) in [4.78, 5) is 25.9. The molecule has 2 rings (SSSR count). The number of nitrogen functional groups attached to an aromatic ring is 1. The van der Waals surface area contributed by atoms with E-state index in [2.05, 4.69) is 0 Å². The van der Waals surface area contributed by atoms with Crippen LogP contribution in [-0.4, -0.2) is 29.9 Å². The zero-order valence-electron chi connectivity index (χ0n) is 13.4. The van der Waals surface area contributed by atoms with Gasteiger partial charge in [0, 0.05) is 13.1 Å². The van der Waals surface area contributed by atoms with Crippen LogP contribution in [0.4, 0.5) is 5.69 Å². The molecular formula is C18H19ClN2O3. The second-order valence-electron chi connectivity index (χ2n) is 5.21. The molecule has 1 amide bonds. The van der Waals surface area contributed by atoms with Crippen LogP contribution >= 0.6 is 11.6 Å². The summed E-state index contributed by atoms with van der Waals surface area (Å²) in [5.41, 5.74) is 7.22. The fraction of sp³-hybridized carbons (Fsp3) is 0.222. The first-order chi connectivity index (χ1) is 11.5. The minimum atomic E-state index is -0.609. The van der Waals surface area contributed by atoms with Crippen molar-refractivity contribution >= 4 is 29.2 Å². The third-order valence-electron chi connectivity index (χ3n) is 3.51. The number of carbonyl (C=O) groups excluding carboxylic acids is 2. The smallest absolute Gasteiger partial charge is 0.338 e. The number of amides is 1. The van der Waals surface area contributed by atoms with Gasteiger partial charge in [-0.05, 0) is 30.7 Å². The Hall–Kier alpha value is -2.53. The second kappa shape index (κ2) is 8.36. The van der Waals surface area contributed by atoms with Crippen molar-refractivity contribution in [3.05, 3.63) is 64.7 Å². The standard InChI is InChI=1S/C18H19ClN2O3/c1-2-21(11-13-6-4-3-5-7-13)17(22)12-24-18(23)14-8-9-15(19)16(20)10-14/h3-10H,2,11-12,20H2,1H3. The van der Waals surface area contributed by atoms with E-state index in [1.165, 1.54) is 18.2 Å². The molecule has 0 heterocycles. The van der Waals surface area contributed by atoms with Crippen LogP contribution in [0.25, 0.3) is 0 Å². The molecule has 0 aliphatic rings. The first-order valence-corrected chi connectivity index (χ1v) is 7.93. The van der Waals surface area contributed by atoms with E-state index < -0.39 is 5.97 Å². The Morgan fingerprint density at radius 3 is 2.50 bits per heavy atom. The molecule has 0 bridgehead atoms. The number of esters is 1. The van der Waals surface area contributed by atoms with Crippen LogP contribution in [0.2, 0.25) is 5.02 Å². The quantitative estimate of drug-likeness (QED) is 0.644. The number of nitrogens with two attached hydrogens (primary N) is 1. The number of carbonyl (C=O) groups is 2. The molecule has 0 aromatic heterocycles. The van der Waals surface area contributed by atoms with Gasteiger partial charge in [0.1, 0.15) is 0 Å². The van der Waals surface area contributed by atoms with Gasteiger partial charge in [-0.3, -0.25) is 4.79 Å². The highest BCUT2D eigenvalue weighted by Gasteiger charge is 2.16. The van der Waals surface area contributed by atoms with E-state index in [0.717, 1.165) is 5.56 Å². The lowest BCUT2D eigenvalue weighted by molar-refractivity contribution is -0.134. The molecular weight excluding hydrogens is 328 g/mol. The predicted molar refractivity (Wildman–Crippen MR) is 93.7 cm³/mol. The van der Waals surface area contributed by atoms with Crippen molar-refractivity contribution < 1.29 is 14.3 Å². The average molecular weight is 347 g/mol. The van der Waals surface area contributed by atoms with Crippen molar-refractivity contribution in [1.82, 2.24) is 4.90 Å². The van der Waals surface area contributed by atoms with Crippen LogP contribution in [0.1, 0.15) is 22.8 Å². The van der Waals surface area contributed by atoms with E-state index in [0.29, 0.717) is 18.1 Å². The highest BCUT2D eigenvalue weighted by atomic mass is 35.5. The average Bonchev–Trinajstić information content (AvgIpc) is 2.60. The molecule has 0 unspecified atom stereocenters. The number of hydrogen-bond acceptors (Lipinski definition) is 4. The van der Waals surface area contributed by atoms with Crippen molar-refractivity contribution in [3.8, 4) is 0 Å². The summed E-state index contributed by atoms with van der Waals surface area (Å²) in [6.45, 7) is 2.56. The number of nitrogens with zero attached hydrogens (tertiary/aromatic N) is 1. The molecule has 2 aromatic carbocycles. The summed E-state index contributed by atoms with van der Waals surface area (Å²) in [6.07, 6.45) is 0. The first kappa shape index (κ1) is 17.8. The predicted octanol–water partition coefficient (Wildman–Crippen LogP) is 3.13. The summed E-state index contributed by atoms with van der Waals surface area (Å²) in [7, 11) is 0. The van der Waals surface area contributed by atoms with Crippen molar-refractivity contribution in [1.29, 1.82) is 0 Å². The maximum absolute atomic E-state index is 12.2. The molecule has 126 valence electrons. The molecule has 2 aromatic rings. The van der Waals surface area contributed by atoms with Gasteiger partial charge in [0.25, 0.3) is 5.91 Å². The van der Waals surface area contributed by atoms with Gasteiger partial charge in [-0.1, -0.05) is 41.9 Å². The lowest BCUT2D eigenvalue weighted by Crippen LogP contribution is -2.34. The molecule has 5 nitrogen and oxygen atoms in total. The Labute approximate surface area is 146 Å². The van der Waals surface area contributed by atoms with Gasteiger partial charge in [0.2, 0.25) is 0 Å². The molecule has 0 radical (unpaired) electrons. The Morgan fingerprint density at radius 1 is 1.17 bits per heavy atom. The van der Waals surface area contributed by atoms with Crippen molar-refractivity contribution in [2.24, 2.45) is 0 Å². The normalized spacial score (nSPS) is 10.2. The van der Waals surface area contributed by atoms with Gasteiger partial charge in [-0.25, -0.2) is 4.79 Å². The molecule has 24 heavy (non-hydrogen) atoms. The maximum Gasteiger partial charge on any atom is 0.338 e. The molecule has 0 spiro atoms. The third-order valence-corrected chi connectivity index (χ3v) is 3.85. The van der Waals surface area contributed by atoms with Gasteiger partial charge >= 0.3 is 5.97 Å². The lowest BCUT2D eigenvalue weighted by Gasteiger charge is -2.20. The van der Waals surface area contributed by atoms with Crippen molar-refractivity contribution in [2.45, 2.75) is 13.5 Å². The van der Waals surface area contributed by atoms with Gasteiger partial charge in [0.05, 0.1) is 16.3 Å². The SMILES string of the molecule is CCN(Cc1ccccc1)C(=O)COC(=O)c1ccc(Cl)c(N)c1. The zero-order chi connectivity index (χ0) is 17.5. The highest BCUT2D eigenvalue weighted by molar-refractivity contribution is 6.33. The number of likely N-dealkylation sites (N-methyl/N-ethyl adjacent to an activating group) is 1. The lowest BCUT2D eigenvalue weighted by atomic mass is 10.2. The minimum Gasteiger partial charge on any atom is -0.452 e. The fourth-order valence-electron chi connectivity index (χ4n) is 2.15. The number of ether oxygens (including phenoxy) is 1. The second-order valence-corrected chi connectivity index (χ2v) is 5.61. The summed E-state index contributed by atoms with van der Waals surface area (Å²) < 4.78 is 5.08. The van der Waals surface area contributed by atoms with E-state index in [-0.39, 0.29) is 23.8 Å². The monoisotopic (exact) mass is 346 g/mol. The van der Waals surface area contributed by atoms with Crippen LogP contribution in [0.15, 0.2) is 48.5 Å². The van der Waals surface area contributed by atoms with E-state index in [4.69, 9.17) is 22.1 Å². The fourth-order valence-corrected chi connectivity index (χ4v) is 2.27. The van der Waals surface area contributed by atoms with E-state index in [1.807, 2.05) is 37.3 Å². The van der Waals surface area contributed by atoms with Gasteiger partial charge in [0.15, 0.2) is 6.61 Å². The molecule has 2 N–H and O–H groups in total. The Kier molecular flexibility index (Phi) is 6.21. The van der Waals surface area contributed by atoms with E-state index in [1.54, 1.807) is 4.90 Å². The number of rotatable bonds is 6. The Balaban J connectivity index is 1.93. The number of halogens is 1. The highest BCUT2D eigenvalue weighted by Crippen LogP contribution is 2.19. The summed E-state index contributed by atoms with van der Waals surface area (Å²) in [6, 6.07) is 14.1. The molecule has 0 atom stereocenters. The zero-order valence-corrected chi connectivity index (χ0v) is 14.1. The summed E-state index contributed by atoms with van der Waals surface area (Å²) >= 11 is 5.81. The summed E-state index contributed by atoms with van der Waals surface area (Å²) in [5.74, 6) is -0.862. The van der Waals surface area contributed by atoms with Crippen LogP contribution < -0.4 is 5.73 Å². The van der Waals surface area contributed by atoms with E-state index in [9.17, 15) is 9.59 Å². The number of benzene rings is 2. The van der Waals surface area contributed by atoms with E-state index >= 15 is 0 Å². The van der Waals surface area contributed by atoms with Gasteiger partial charge < -0.3 is 15.4 Å². The van der Waals surface area contributed by atoms with Gasteiger partial charge in [-0.15, -0.1) is 0 Å². The van der Waals surface area contributed by atoms with Crippen LogP contribution in [-0.2, 0) is 16.1 Å². The molecule has 6 heteroatoms. The van der Waals surface area contributed by atoms with Crippen LogP contribution in [0.3, 0.4) is 0 Å². The van der Waals surface area contributed by atoms with Gasteiger partial charge in [-0.2, -0.15) is 0 Å². The molecule has 0 aliphatic carbocycles. The molecule has 0 saturated heterocycles. The Morgan fingerprint density at radius 2 is 1.88 bits per heavy atom.